The predicted octanol–water partition coefficient (Wildman–Crippen LogP) is 4.49. The van der Waals surface area contributed by atoms with E-state index < -0.39 is 0 Å². The van der Waals surface area contributed by atoms with Crippen LogP contribution in [0.25, 0.3) is 22.2 Å². The molecule has 6 heteroatoms. The molecule has 158 valence electrons. The second-order valence-corrected chi connectivity index (χ2v) is 9.67. The highest BCUT2D eigenvalue weighted by Gasteiger charge is 2.44. The van der Waals surface area contributed by atoms with Crippen LogP contribution in [0.4, 0.5) is 5.82 Å². The maximum Gasteiger partial charge on any atom is 0.151 e. The third-order valence-electron chi connectivity index (χ3n) is 6.85. The second kappa shape index (κ2) is 7.20. The van der Waals surface area contributed by atoms with Crippen molar-refractivity contribution in [3.63, 3.8) is 0 Å². The summed E-state index contributed by atoms with van der Waals surface area (Å²) in [5, 5.41) is 20.4. The summed E-state index contributed by atoms with van der Waals surface area (Å²) in [7, 11) is 4.32. The molecule has 0 bridgehead atoms. The van der Waals surface area contributed by atoms with Gasteiger partial charge in [-0.15, -0.1) is 10.2 Å². The molecular formula is C24H31N5O. The van der Waals surface area contributed by atoms with Gasteiger partial charge in [0.1, 0.15) is 5.75 Å². The molecule has 3 aromatic rings. The topological polar surface area (TPSA) is 65.4 Å². The van der Waals surface area contributed by atoms with Gasteiger partial charge in [0.25, 0.3) is 0 Å². The molecule has 1 saturated heterocycles. The monoisotopic (exact) mass is 405 g/mol. The summed E-state index contributed by atoms with van der Waals surface area (Å²) >= 11 is 0. The molecule has 30 heavy (non-hydrogen) atoms. The molecule has 1 fully saturated rings. The molecule has 1 N–H and O–H groups in total. The van der Waals surface area contributed by atoms with Gasteiger partial charge in [-0.3, -0.25) is 9.88 Å². The van der Waals surface area contributed by atoms with Crippen molar-refractivity contribution in [3.8, 4) is 17.0 Å². The van der Waals surface area contributed by atoms with Crippen LogP contribution in [-0.2, 0) is 0 Å². The van der Waals surface area contributed by atoms with Crippen LogP contribution < -0.4 is 4.90 Å². The summed E-state index contributed by atoms with van der Waals surface area (Å²) in [5.74, 6) is 1.00. The first-order valence-corrected chi connectivity index (χ1v) is 10.5. The molecule has 0 unspecified atom stereocenters. The molecule has 0 atom stereocenters. The average Bonchev–Trinajstić information content (AvgIpc) is 2.71. The van der Waals surface area contributed by atoms with Crippen molar-refractivity contribution in [3.05, 3.63) is 42.6 Å². The van der Waals surface area contributed by atoms with Gasteiger partial charge in [-0.2, -0.15) is 0 Å². The maximum absolute atomic E-state index is 10.5. The number of hydrogen-bond donors (Lipinski definition) is 1. The van der Waals surface area contributed by atoms with Gasteiger partial charge >= 0.3 is 0 Å². The van der Waals surface area contributed by atoms with E-state index in [-0.39, 0.29) is 16.8 Å². The number of piperidine rings is 1. The maximum atomic E-state index is 10.5. The Morgan fingerprint density at radius 3 is 2.33 bits per heavy atom. The molecule has 4 rings (SSSR count). The van der Waals surface area contributed by atoms with Crippen molar-refractivity contribution in [2.75, 3.05) is 19.0 Å². The van der Waals surface area contributed by atoms with Gasteiger partial charge < -0.3 is 10.0 Å². The molecule has 1 aliphatic heterocycles. The SMILES string of the molecule is CN(c1ccc(-c2c(O)ccc3cccnc23)nn1)C1CC(C)(C)N(C)C(C)(C)C1. The Morgan fingerprint density at radius 2 is 1.70 bits per heavy atom. The first kappa shape index (κ1) is 20.5. The molecule has 0 amide bonds. The minimum Gasteiger partial charge on any atom is -0.507 e. The molecule has 2 aromatic heterocycles. The fraction of sp³-hybridized carbons (Fsp3) is 0.458. The van der Waals surface area contributed by atoms with Crippen LogP contribution in [-0.4, -0.2) is 56.4 Å². The van der Waals surface area contributed by atoms with Crippen LogP contribution in [0, 0.1) is 0 Å². The minimum atomic E-state index is 0.106. The van der Waals surface area contributed by atoms with Crippen LogP contribution in [0.5, 0.6) is 5.75 Å². The summed E-state index contributed by atoms with van der Waals surface area (Å²) in [6.45, 7) is 9.22. The quantitative estimate of drug-likeness (QED) is 0.693. The van der Waals surface area contributed by atoms with E-state index >= 15 is 0 Å². The Kier molecular flexibility index (Phi) is 4.93. The molecule has 0 spiro atoms. The Hall–Kier alpha value is -2.73. The first-order valence-electron chi connectivity index (χ1n) is 10.5. The minimum absolute atomic E-state index is 0.106. The number of pyridine rings is 1. The lowest BCUT2D eigenvalue weighted by atomic mass is 9.77. The zero-order chi connectivity index (χ0) is 21.7. The number of phenolic OH excluding ortho intramolecular Hbond substituents is 1. The predicted molar refractivity (Wildman–Crippen MR) is 122 cm³/mol. The van der Waals surface area contributed by atoms with Gasteiger partial charge in [0.2, 0.25) is 0 Å². The molecule has 6 nitrogen and oxygen atoms in total. The Bertz CT molecular complexity index is 1040. The second-order valence-electron chi connectivity index (χ2n) is 9.67. The summed E-state index contributed by atoms with van der Waals surface area (Å²) in [6.07, 6.45) is 3.84. The highest BCUT2D eigenvalue weighted by atomic mass is 16.3. The van der Waals surface area contributed by atoms with Gasteiger partial charge in [0.05, 0.1) is 16.8 Å². The average molecular weight is 406 g/mol. The molecule has 0 aliphatic carbocycles. The summed E-state index contributed by atoms with van der Waals surface area (Å²) in [6, 6.07) is 11.7. The fourth-order valence-corrected chi connectivity index (χ4v) is 4.81. The molecular weight excluding hydrogens is 374 g/mol. The van der Waals surface area contributed by atoms with Crippen LogP contribution in [0.15, 0.2) is 42.6 Å². The van der Waals surface area contributed by atoms with Crippen LogP contribution in [0.1, 0.15) is 40.5 Å². The molecule has 1 aromatic carbocycles. The van der Waals surface area contributed by atoms with Crippen molar-refractivity contribution in [1.82, 2.24) is 20.1 Å². The number of aromatic hydroxyl groups is 1. The Labute approximate surface area is 178 Å². The van der Waals surface area contributed by atoms with E-state index in [9.17, 15) is 5.11 Å². The van der Waals surface area contributed by atoms with Gasteiger partial charge in [-0.1, -0.05) is 6.07 Å². The van der Waals surface area contributed by atoms with Crippen molar-refractivity contribution < 1.29 is 5.11 Å². The van der Waals surface area contributed by atoms with E-state index in [4.69, 9.17) is 0 Å². The lowest BCUT2D eigenvalue weighted by Gasteiger charge is -2.55. The smallest absolute Gasteiger partial charge is 0.151 e. The number of benzene rings is 1. The van der Waals surface area contributed by atoms with Gasteiger partial charge in [-0.25, -0.2) is 0 Å². The highest BCUT2D eigenvalue weighted by molar-refractivity contribution is 5.95. The molecule has 3 heterocycles. The van der Waals surface area contributed by atoms with E-state index in [1.54, 1.807) is 12.3 Å². The van der Waals surface area contributed by atoms with Gasteiger partial charge in [0.15, 0.2) is 5.82 Å². The molecule has 0 radical (unpaired) electrons. The van der Waals surface area contributed by atoms with Crippen molar-refractivity contribution in [2.24, 2.45) is 0 Å². The van der Waals surface area contributed by atoms with Crippen molar-refractivity contribution in [1.29, 1.82) is 0 Å². The number of likely N-dealkylation sites (tertiary alicyclic amines) is 1. The number of rotatable bonds is 3. The number of phenols is 1. The lowest BCUT2D eigenvalue weighted by Crippen LogP contribution is -2.62. The summed E-state index contributed by atoms with van der Waals surface area (Å²) in [4.78, 5) is 9.17. The number of nitrogens with zero attached hydrogens (tertiary/aromatic N) is 5. The molecule has 0 saturated carbocycles. The van der Waals surface area contributed by atoms with Gasteiger partial charge in [-0.05, 0) is 77.9 Å². The summed E-state index contributed by atoms with van der Waals surface area (Å²) in [5.41, 5.74) is 2.18. The third kappa shape index (κ3) is 3.49. The van der Waals surface area contributed by atoms with E-state index in [0.29, 0.717) is 17.3 Å². The zero-order valence-corrected chi connectivity index (χ0v) is 18.7. The largest absolute Gasteiger partial charge is 0.507 e. The Balaban J connectivity index is 1.64. The first-order chi connectivity index (χ1) is 14.1. The van der Waals surface area contributed by atoms with E-state index in [2.05, 4.69) is 66.8 Å². The zero-order valence-electron chi connectivity index (χ0n) is 18.7. The third-order valence-corrected chi connectivity index (χ3v) is 6.85. The normalized spacial score (nSPS) is 19.1. The van der Waals surface area contributed by atoms with Crippen molar-refractivity contribution >= 4 is 16.7 Å². The van der Waals surface area contributed by atoms with Gasteiger partial charge in [0, 0.05) is 35.8 Å². The number of fused-ring (bicyclic) bond motifs is 1. The Morgan fingerprint density at radius 1 is 1.00 bits per heavy atom. The van der Waals surface area contributed by atoms with Crippen LogP contribution in [0.2, 0.25) is 0 Å². The fourth-order valence-electron chi connectivity index (χ4n) is 4.81. The number of aromatic nitrogens is 3. The molecule has 1 aliphatic rings. The van der Waals surface area contributed by atoms with Crippen molar-refractivity contribution in [2.45, 2.75) is 57.7 Å². The highest BCUT2D eigenvalue weighted by Crippen LogP contribution is 2.40. The van der Waals surface area contributed by atoms with E-state index in [0.717, 1.165) is 29.6 Å². The van der Waals surface area contributed by atoms with E-state index in [1.807, 2.05) is 30.3 Å². The number of anilines is 1. The van der Waals surface area contributed by atoms with E-state index in [1.165, 1.54) is 0 Å². The number of hydrogen-bond acceptors (Lipinski definition) is 6. The summed E-state index contributed by atoms with van der Waals surface area (Å²) < 4.78 is 0. The standard InChI is InChI=1S/C24H31N5O/c1-23(2)14-17(15-24(3,4)29(23)6)28(5)20-12-10-18(26-27-20)21-19(30)11-9-16-8-7-13-25-22(16)21/h7-13,17,30H,14-15H2,1-6H3. The lowest BCUT2D eigenvalue weighted by molar-refractivity contribution is -0.0120. The van der Waals surface area contributed by atoms with Crippen LogP contribution >= 0.6 is 0 Å². The van der Waals surface area contributed by atoms with Crippen LogP contribution in [0.3, 0.4) is 0 Å².